The van der Waals surface area contributed by atoms with Crippen LogP contribution in [0.15, 0.2) is 30.9 Å². The lowest BCUT2D eigenvalue weighted by atomic mass is 10.1. The molecule has 0 amide bonds. The van der Waals surface area contributed by atoms with Gasteiger partial charge in [-0.15, -0.1) is 0 Å². The van der Waals surface area contributed by atoms with Crippen LogP contribution < -0.4 is 11.1 Å². The molecule has 5 heteroatoms. The van der Waals surface area contributed by atoms with Crippen molar-refractivity contribution in [3.63, 3.8) is 0 Å². The number of nitrogens with one attached hydrogen (secondary N) is 1. The number of hydrogen-bond donors (Lipinski definition) is 2. The number of nitrogen functional groups attached to an aromatic ring is 1. The fourth-order valence-corrected chi connectivity index (χ4v) is 1.86. The van der Waals surface area contributed by atoms with Crippen LogP contribution in [0.3, 0.4) is 0 Å². The van der Waals surface area contributed by atoms with Gasteiger partial charge in [-0.25, -0.2) is 4.98 Å². The van der Waals surface area contributed by atoms with Crippen LogP contribution in [0.25, 0.3) is 0 Å². The monoisotopic (exact) mass is 231 g/mol. The number of nitrogens with two attached hydrogens (primary N) is 1. The molecule has 0 fully saturated rings. The molecule has 1 atom stereocenters. The molecule has 0 saturated heterocycles. The summed E-state index contributed by atoms with van der Waals surface area (Å²) in [5.41, 5.74) is 7.73. The maximum absolute atomic E-state index is 5.92. The number of pyridine rings is 1. The van der Waals surface area contributed by atoms with Crippen molar-refractivity contribution in [1.82, 2.24) is 19.9 Å². The Morgan fingerprint density at radius 1 is 1.47 bits per heavy atom. The van der Waals surface area contributed by atoms with Gasteiger partial charge in [0.05, 0.1) is 6.04 Å². The van der Waals surface area contributed by atoms with Crippen molar-refractivity contribution in [2.24, 2.45) is 7.05 Å². The molecule has 0 aliphatic heterocycles. The molecule has 17 heavy (non-hydrogen) atoms. The Morgan fingerprint density at radius 2 is 2.29 bits per heavy atom. The standard InChI is InChI=1S/C12H17N5/c1-14-11(12-16-5-6-17(12)2)7-9-8-15-4-3-10(9)13/h3-6,8,11,14H,7H2,1-2H3,(H2,13,15). The number of aromatic nitrogens is 3. The number of nitrogens with zero attached hydrogens (tertiary/aromatic N) is 3. The van der Waals surface area contributed by atoms with Crippen LogP contribution in [-0.4, -0.2) is 21.6 Å². The molecule has 0 aromatic carbocycles. The fraction of sp³-hybridized carbons (Fsp3) is 0.333. The van der Waals surface area contributed by atoms with E-state index in [-0.39, 0.29) is 6.04 Å². The topological polar surface area (TPSA) is 68.8 Å². The van der Waals surface area contributed by atoms with Crippen molar-refractivity contribution < 1.29 is 0 Å². The maximum Gasteiger partial charge on any atom is 0.125 e. The zero-order chi connectivity index (χ0) is 12.3. The van der Waals surface area contributed by atoms with Crippen LogP contribution in [0.5, 0.6) is 0 Å². The number of aryl methyl sites for hydroxylation is 1. The third kappa shape index (κ3) is 2.45. The van der Waals surface area contributed by atoms with Gasteiger partial charge in [0.15, 0.2) is 0 Å². The highest BCUT2D eigenvalue weighted by molar-refractivity contribution is 5.44. The van der Waals surface area contributed by atoms with Gasteiger partial charge in [-0.2, -0.15) is 0 Å². The molecule has 1 unspecified atom stereocenters. The van der Waals surface area contributed by atoms with Crippen LogP contribution in [0, 0.1) is 0 Å². The van der Waals surface area contributed by atoms with E-state index in [4.69, 9.17) is 5.73 Å². The Balaban J connectivity index is 2.22. The minimum absolute atomic E-state index is 0.140. The number of anilines is 1. The molecule has 0 bridgehead atoms. The van der Waals surface area contributed by atoms with E-state index in [9.17, 15) is 0 Å². The lowest BCUT2D eigenvalue weighted by molar-refractivity contribution is 0.538. The fourth-order valence-electron chi connectivity index (χ4n) is 1.86. The lowest BCUT2D eigenvalue weighted by Crippen LogP contribution is -2.22. The highest BCUT2D eigenvalue weighted by Crippen LogP contribution is 2.19. The average Bonchev–Trinajstić information content (AvgIpc) is 2.75. The summed E-state index contributed by atoms with van der Waals surface area (Å²) in [6.07, 6.45) is 8.02. The number of imidazole rings is 1. The van der Waals surface area contributed by atoms with E-state index < -0.39 is 0 Å². The van der Waals surface area contributed by atoms with E-state index in [1.54, 1.807) is 12.4 Å². The number of likely N-dealkylation sites (N-methyl/N-ethyl adjacent to an activating group) is 1. The van der Waals surface area contributed by atoms with E-state index in [0.29, 0.717) is 0 Å². The van der Waals surface area contributed by atoms with Crippen molar-refractivity contribution in [3.05, 3.63) is 42.2 Å². The second kappa shape index (κ2) is 4.97. The van der Waals surface area contributed by atoms with Gasteiger partial charge < -0.3 is 15.6 Å². The van der Waals surface area contributed by atoms with Crippen LogP contribution >= 0.6 is 0 Å². The highest BCUT2D eigenvalue weighted by Gasteiger charge is 2.15. The van der Waals surface area contributed by atoms with Crippen LogP contribution in [0.4, 0.5) is 5.69 Å². The third-order valence-electron chi connectivity index (χ3n) is 2.88. The Hall–Kier alpha value is -1.88. The Kier molecular flexibility index (Phi) is 3.39. The van der Waals surface area contributed by atoms with E-state index in [2.05, 4.69) is 15.3 Å². The first-order chi connectivity index (χ1) is 8.22. The molecule has 90 valence electrons. The molecule has 5 nitrogen and oxygen atoms in total. The van der Waals surface area contributed by atoms with Crippen LogP contribution in [0.2, 0.25) is 0 Å². The van der Waals surface area contributed by atoms with E-state index in [1.807, 2.05) is 37.1 Å². The minimum atomic E-state index is 0.140. The maximum atomic E-state index is 5.92. The number of hydrogen-bond acceptors (Lipinski definition) is 4. The Morgan fingerprint density at radius 3 is 2.88 bits per heavy atom. The van der Waals surface area contributed by atoms with Crippen LogP contribution in [0.1, 0.15) is 17.4 Å². The van der Waals surface area contributed by atoms with Crippen molar-refractivity contribution in [1.29, 1.82) is 0 Å². The molecule has 2 aromatic heterocycles. The van der Waals surface area contributed by atoms with Gasteiger partial charge in [-0.3, -0.25) is 4.98 Å². The first-order valence-corrected chi connectivity index (χ1v) is 5.55. The summed E-state index contributed by atoms with van der Waals surface area (Å²) >= 11 is 0. The van der Waals surface area contributed by atoms with Gasteiger partial charge in [0, 0.05) is 37.5 Å². The molecular formula is C12H17N5. The summed E-state index contributed by atoms with van der Waals surface area (Å²) in [7, 11) is 3.91. The first kappa shape index (κ1) is 11.6. The molecule has 2 heterocycles. The van der Waals surface area contributed by atoms with Crippen molar-refractivity contribution >= 4 is 5.69 Å². The molecule has 0 spiro atoms. The summed E-state index contributed by atoms with van der Waals surface area (Å²) in [5.74, 6) is 0.996. The first-order valence-electron chi connectivity index (χ1n) is 5.55. The minimum Gasteiger partial charge on any atom is -0.398 e. The van der Waals surface area contributed by atoms with E-state index >= 15 is 0 Å². The van der Waals surface area contributed by atoms with Gasteiger partial charge >= 0.3 is 0 Å². The predicted octanol–water partition coefficient (Wildman–Crippen LogP) is 0.900. The summed E-state index contributed by atoms with van der Waals surface area (Å²) in [6.45, 7) is 0. The molecule has 0 saturated carbocycles. The van der Waals surface area contributed by atoms with Gasteiger partial charge in [0.25, 0.3) is 0 Å². The van der Waals surface area contributed by atoms with Gasteiger partial charge in [-0.1, -0.05) is 0 Å². The second-order valence-electron chi connectivity index (χ2n) is 4.02. The van der Waals surface area contributed by atoms with Gasteiger partial charge in [0.2, 0.25) is 0 Å². The van der Waals surface area contributed by atoms with Crippen molar-refractivity contribution in [3.8, 4) is 0 Å². The summed E-state index contributed by atoms with van der Waals surface area (Å²) in [5, 5.41) is 3.25. The number of rotatable bonds is 4. The SMILES string of the molecule is CNC(Cc1cnccc1N)c1nccn1C. The van der Waals surface area contributed by atoms with E-state index in [0.717, 1.165) is 23.5 Å². The molecule has 0 aliphatic rings. The summed E-state index contributed by atoms with van der Waals surface area (Å²) < 4.78 is 2.01. The quantitative estimate of drug-likeness (QED) is 0.820. The third-order valence-corrected chi connectivity index (χ3v) is 2.88. The Labute approximate surface area is 101 Å². The zero-order valence-corrected chi connectivity index (χ0v) is 10.1. The van der Waals surface area contributed by atoms with Crippen molar-refractivity contribution in [2.45, 2.75) is 12.5 Å². The normalized spacial score (nSPS) is 12.6. The largest absolute Gasteiger partial charge is 0.398 e. The van der Waals surface area contributed by atoms with Crippen LogP contribution in [-0.2, 0) is 13.5 Å². The molecule has 2 aromatic rings. The molecule has 2 rings (SSSR count). The van der Waals surface area contributed by atoms with E-state index in [1.165, 1.54) is 0 Å². The summed E-state index contributed by atoms with van der Waals surface area (Å²) in [6, 6.07) is 1.96. The predicted molar refractivity (Wildman–Crippen MR) is 67.4 cm³/mol. The van der Waals surface area contributed by atoms with Gasteiger partial charge in [0.1, 0.15) is 5.82 Å². The summed E-state index contributed by atoms with van der Waals surface area (Å²) in [4.78, 5) is 8.45. The molecule has 3 N–H and O–H groups in total. The smallest absolute Gasteiger partial charge is 0.125 e. The van der Waals surface area contributed by atoms with Crippen molar-refractivity contribution in [2.75, 3.05) is 12.8 Å². The average molecular weight is 231 g/mol. The lowest BCUT2D eigenvalue weighted by Gasteiger charge is -2.16. The Bertz CT molecular complexity index is 491. The highest BCUT2D eigenvalue weighted by atomic mass is 15.1. The molecule has 0 radical (unpaired) electrons. The molecular weight excluding hydrogens is 214 g/mol. The second-order valence-corrected chi connectivity index (χ2v) is 4.02. The zero-order valence-electron chi connectivity index (χ0n) is 10.1. The van der Waals surface area contributed by atoms with Gasteiger partial charge in [-0.05, 0) is 25.1 Å². The molecule has 0 aliphatic carbocycles.